The molecule has 3 heteroatoms. The summed E-state index contributed by atoms with van der Waals surface area (Å²) in [5, 5.41) is 10.2. The second kappa shape index (κ2) is 5.97. The highest BCUT2D eigenvalue weighted by atomic mass is 16.5. The maximum absolute atomic E-state index is 10.2. The normalized spacial score (nSPS) is 11.2. The quantitative estimate of drug-likeness (QED) is 0.905. The lowest BCUT2D eigenvalue weighted by molar-refractivity contribution is 0.0749. The third kappa shape index (κ3) is 3.31. The largest absolute Gasteiger partial charge is 0.492 e. The van der Waals surface area contributed by atoms with Gasteiger partial charge in [0.2, 0.25) is 0 Å². The predicted octanol–water partition coefficient (Wildman–Crippen LogP) is 3.50. The van der Waals surface area contributed by atoms with Crippen molar-refractivity contribution in [1.29, 1.82) is 0 Å². The minimum atomic E-state index is -0.975. The van der Waals surface area contributed by atoms with Crippen molar-refractivity contribution < 1.29 is 14.6 Å². The summed E-state index contributed by atoms with van der Waals surface area (Å²) in [5.41, 5.74) is 0.825. The average molecular weight is 272 g/mol. The van der Waals surface area contributed by atoms with Crippen molar-refractivity contribution in [3.05, 3.63) is 59.7 Å². The summed E-state index contributed by atoms with van der Waals surface area (Å²) in [6, 6.07) is 15.5. The molecule has 0 amide bonds. The lowest BCUT2D eigenvalue weighted by atomic mass is 9.97. The average Bonchev–Trinajstić information content (AvgIpc) is 2.44. The molecule has 0 aliphatic carbocycles. The van der Waals surface area contributed by atoms with Crippen molar-refractivity contribution in [2.45, 2.75) is 26.1 Å². The van der Waals surface area contributed by atoms with E-state index in [0.717, 1.165) is 5.56 Å². The van der Waals surface area contributed by atoms with Gasteiger partial charge in [-0.3, -0.25) is 0 Å². The standard InChI is InChI=1S/C17H20O3/c1-17(2,18)14-10-7-11-15(16(14)19-3)20-12-13-8-5-4-6-9-13/h4-11,18H,12H2,1-3H3. The smallest absolute Gasteiger partial charge is 0.166 e. The van der Waals surface area contributed by atoms with Crippen LogP contribution < -0.4 is 9.47 Å². The first-order valence-corrected chi connectivity index (χ1v) is 6.59. The number of methoxy groups -OCH3 is 1. The van der Waals surface area contributed by atoms with Crippen molar-refractivity contribution in [1.82, 2.24) is 0 Å². The molecular weight excluding hydrogens is 252 g/mol. The van der Waals surface area contributed by atoms with Gasteiger partial charge in [-0.2, -0.15) is 0 Å². The molecule has 0 aliphatic rings. The molecule has 0 saturated heterocycles. The summed E-state index contributed by atoms with van der Waals surface area (Å²) in [4.78, 5) is 0. The van der Waals surface area contributed by atoms with Crippen LogP contribution in [0.3, 0.4) is 0 Å². The van der Waals surface area contributed by atoms with Crippen LogP contribution in [0.25, 0.3) is 0 Å². The molecule has 0 spiro atoms. The second-order valence-corrected chi connectivity index (χ2v) is 5.17. The first-order chi connectivity index (χ1) is 9.52. The highest BCUT2D eigenvalue weighted by Gasteiger charge is 2.23. The molecule has 0 radical (unpaired) electrons. The van der Waals surface area contributed by atoms with Crippen LogP contribution in [0, 0.1) is 0 Å². The molecule has 0 atom stereocenters. The van der Waals surface area contributed by atoms with Crippen LogP contribution in [0.5, 0.6) is 11.5 Å². The van der Waals surface area contributed by atoms with Gasteiger partial charge in [0.1, 0.15) is 6.61 Å². The zero-order valence-corrected chi connectivity index (χ0v) is 12.1. The zero-order valence-electron chi connectivity index (χ0n) is 12.1. The van der Waals surface area contributed by atoms with Gasteiger partial charge in [-0.1, -0.05) is 42.5 Å². The van der Waals surface area contributed by atoms with Crippen molar-refractivity contribution in [3.63, 3.8) is 0 Å². The van der Waals surface area contributed by atoms with E-state index in [2.05, 4.69) is 0 Å². The van der Waals surface area contributed by atoms with E-state index < -0.39 is 5.60 Å². The molecule has 3 nitrogen and oxygen atoms in total. The van der Waals surface area contributed by atoms with Gasteiger partial charge in [-0.25, -0.2) is 0 Å². The van der Waals surface area contributed by atoms with Crippen LogP contribution in [0.4, 0.5) is 0 Å². The van der Waals surface area contributed by atoms with Crippen LogP contribution >= 0.6 is 0 Å². The van der Waals surface area contributed by atoms with Crippen molar-refractivity contribution in [2.24, 2.45) is 0 Å². The second-order valence-electron chi connectivity index (χ2n) is 5.17. The molecule has 20 heavy (non-hydrogen) atoms. The molecule has 2 aromatic carbocycles. The van der Waals surface area contributed by atoms with E-state index in [1.807, 2.05) is 48.5 Å². The van der Waals surface area contributed by atoms with Gasteiger partial charge in [-0.15, -0.1) is 0 Å². The Morgan fingerprint density at radius 2 is 1.70 bits per heavy atom. The van der Waals surface area contributed by atoms with Gasteiger partial charge >= 0.3 is 0 Å². The lowest BCUT2D eigenvalue weighted by Gasteiger charge is -2.22. The van der Waals surface area contributed by atoms with E-state index in [1.54, 1.807) is 21.0 Å². The fourth-order valence-corrected chi connectivity index (χ4v) is 2.06. The van der Waals surface area contributed by atoms with E-state index in [9.17, 15) is 5.11 Å². The van der Waals surface area contributed by atoms with E-state index >= 15 is 0 Å². The Labute approximate surface area is 119 Å². The molecule has 0 saturated carbocycles. The van der Waals surface area contributed by atoms with E-state index in [4.69, 9.17) is 9.47 Å². The number of benzene rings is 2. The van der Waals surface area contributed by atoms with E-state index in [-0.39, 0.29) is 0 Å². The number of aliphatic hydroxyl groups is 1. The summed E-state index contributed by atoms with van der Waals surface area (Å²) in [6.45, 7) is 3.92. The first-order valence-electron chi connectivity index (χ1n) is 6.59. The molecule has 106 valence electrons. The molecule has 0 aliphatic heterocycles. The monoisotopic (exact) mass is 272 g/mol. The summed E-state index contributed by atoms with van der Waals surface area (Å²) in [5.74, 6) is 1.21. The van der Waals surface area contributed by atoms with Crippen LogP contribution in [0.1, 0.15) is 25.0 Å². The van der Waals surface area contributed by atoms with Gasteiger partial charge in [-0.05, 0) is 25.5 Å². The summed E-state index contributed by atoms with van der Waals surface area (Å²) in [7, 11) is 1.58. The fraction of sp³-hybridized carbons (Fsp3) is 0.294. The molecule has 0 aromatic heterocycles. The highest BCUT2D eigenvalue weighted by Crippen LogP contribution is 2.37. The molecule has 1 N–H and O–H groups in total. The summed E-state index contributed by atoms with van der Waals surface area (Å²) in [6.07, 6.45) is 0. The molecule has 0 heterocycles. The van der Waals surface area contributed by atoms with Crippen molar-refractivity contribution in [3.8, 4) is 11.5 Å². The number of hydrogen-bond acceptors (Lipinski definition) is 3. The predicted molar refractivity (Wildman–Crippen MR) is 79.0 cm³/mol. The Morgan fingerprint density at radius 3 is 2.30 bits per heavy atom. The number of hydrogen-bond donors (Lipinski definition) is 1. The Balaban J connectivity index is 2.24. The maximum atomic E-state index is 10.2. The minimum absolute atomic E-state index is 0.465. The molecule has 0 bridgehead atoms. The van der Waals surface area contributed by atoms with Crippen LogP contribution in [0.2, 0.25) is 0 Å². The summed E-state index contributed by atoms with van der Waals surface area (Å²) >= 11 is 0. The molecule has 2 aromatic rings. The number of para-hydroxylation sites is 1. The van der Waals surface area contributed by atoms with Gasteiger partial charge in [0, 0.05) is 5.56 Å². The third-order valence-corrected chi connectivity index (χ3v) is 3.08. The Bertz CT molecular complexity index is 556. The topological polar surface area (TPSA) is 38.7 Å². The Morgan fingerprint density at radius 1 is 1.00 bits per heavy atom. The molecule has 2 rings (SSSR count). The SMILES string of the molecule is COc1c(OCc2ccccc2)cccc1C(C)(C)O. The Hall–Kier alpha value is -2.00. The molecular formula is C17H20O3. The highest BCUT2D eigenvalue weighted by molar-refractivity contribution is 5.49. The number of rotatable bonds is 5. The third-order valence-electron chi connectivity index (χ3n) is 3.08. The Kier molecular flexibility index (Phi) is 4.30. The fourth-order valence-electron chi connectivity index (χ4n) is 2.06. The van der Waals surface area contributed by atoms with Gasteiger partial charge < -0.3 is 14.6 Å². The first kappa shape index (κ1) is 14.4. The number of ether oxygens (including phenoxy) is 2. The van der Waals surface area contributed by atoms with Gasteiger partial charge in [0.15, 0.2) is 11.5 Å². The van der Waals surface area contributed by atoms with E-state index in [1.165, 1.54) is 0 Å². The zero-order chi connectivity index (χ0) is 14.6. The van der Waals surface area contributed by atoms with E-state index in [0.29, 0.717) is 23.7 Å². The van der Waals surface area contributed by atoms with Crippen LogP contribution in [0.15, 0.2) is 48.5 Å². The van der Waals surface area contributed by atoms with Crippen LogP contribution in [-0.4, -0.2) is 12.2 Å². The van der Waals surface area contributed by atoms with Crippen LogP contribution in [-0.2, 0) is 12.2 Å². The van der Waals surface area contributed by atoms with Crippen molar-refractivity contribution in [2.75, 3.05) is 7.11 Å². The molecule has 0 unspecified atom stereocenters. The minimum Gasteiger partial charge on any atom is -0.492 e. The lowest BCUT2D eigenvalue weighted by Crippen LogP contribution is -2.17. The van der Waals surface area contributed by atoms with Gasteiger partial charge in [0.05, 0.1) is 12.7 Å². The van der Waals surface area contributed by atoms with Gasteiger partial charge in [0.25, 0.3) is 0 Å². The molecule has 0 fully saturated rings. The summed E-state index contributed by atoms with van der Waals surface area (Å²) < 4.78 is 11.2. The maximum Gasteiger partial charge on any atom is 0.166 e. The van der Waals surface area contributed by atoms with Crippen molar-refractivity contribution >= 4 is 0 Å².